The predicted molar refractivity (Wildman–Crippen MR) is 105 cm³/mol. The van der Waals surface area contributed by atoms with E-state index in [0.29, 0.717) is 12.2 Å². The van der Waals surface area contributed by atoms with Gasteiger partial charge in [0, 0.05) is 17.7 Å². The van der Waals surface area contributed by atoms with Gasteiger partial charge < -0.3 is 10.1 Å². The normalized spacial score (nSPS) is 21.2. The number of carbonyl (C=O) groups is 1. The minimum absolute atomic E-state index is 0.0479. The zero-order valence-electron chi connectivity index (χ0n) is 14.7. The molecule has 1 amide bonds. The number of carbonyl (C=O) groups excluding carboxylic acids is 1. The van der Waals surface area contributed by atoms with Gasteiger partial charge in [-0.05, 0) is 55.8 Å². The van der Waals surface area contributed by atoms with Gasteiger partial charge in [0.05, 0.1) is 29.4 Å². The van der Waals surface area contributed by atoms with Crippen molar-refractivity contribution in [1.29, 1.82) is 0 Å². The lowest BCUT2D eigenvalue weighted by atomic mass is 10.1. The number of fused-ring (bicyclic) bond motifs is 1. The fourth-order valence-electron chi connectivity index (χ4n) is 3.34. The second-order valence-electron chi connectivity index (χ2n) is 6.65. The Hall–Kier alpha value is -2.53. The lowest BCUT2D eigenvalue weighted by Gasteiger charge is -2.22. The van der Waals surface area contributed by atoms with Crippen molar-refractivity contribution in [2.45, 2.75) is 31.7 Å². The van der Waals surface area contributed by atoms with Gasteiger partial charge in [0.1, 0.15) is 5.75 Å². The molecule has 5 nitrogen and oxygen atoms in total. The highest BCUT2D eigenvalue weighted by molar-refractivity contribution is 6.33. The van der Waals surface area contributed by atoms with Gasteiger partial charge in [0.15, 0.2) is 0 Å². The fraction of sp³-hybridized carbons (Fsp3) is 0.300. The molecular formula is C20H20ClN3O2. The van der Waals surface area contributed by atoms with Crippen LogP contribution in [0.15, 0.2) is 47.6 Å². The number of hydrazone groups is 1. The standard InChI is InChI=1S/C20H20ClN3O2/c1-12-19(21)13(2)24(23-12)17-5-3-4-15(11-17)20(25)22-16-6-7-18-14(10-16)8-9-26-18/h3-7,10-11,13,19H,8-9H2,1-2H3,(H,22,25). The highest BCUT2D eigenvalue weighted by Crippen LogP contribution is 2.30. The molecular weight excluding hydrogens is 350 g/mol. The Morgan fingerprint density at radius 3 is 2.92 bits per heavy atom. The fourth-order valence-corrected chi connectivity index (χ4v) is 3.49. The maximum atomic E-state index is 12.7. The summed E-state index contributed by atoms with van der Waals surface area (Å²) in [5.41, 5.74) is 4.22. The summed E-state index contributed by atoms with van der Waals surface area (Å²) in [6.07, 6.45) is 0.873. The first kappa shape index (κ1) is 16.9. The predicted octanol–water partition coefficient (Wildman–Crippen LogP) is 4.07. The first-order chi connectivity index (χ1) is 12.5. The number of amides is 1. The smallest absolute Gasteiger partial charge is 0.255 e. The van der Waals surface area contributed by atoms with Crippen LogP contribution in [0.4, 0.5) is 11.4 Å². The van der Waals surface area contributed by atoms with Gasteiger partial charge >= 0.3 is 0 Å². The van der Waals surface area contributed by atoms with Crippen LogP contribution in [0.1, 0.15) is 29.8 Å². The molecule has 2 atom stereocenters. The molecule has 0 saturated carbocycles. The third-order valence-electron chi connectivity index (χ3n) is 4.79. The SMILES string of the molecule is CC1=NN(c2cccc(C(=O)Nc3ccc4c(c3)CCO4)c2)C(C)C1Cl. The summed E-state index contributed by atoms with van der Waals surface area (Å²) in [6.45, 7) is 4.64. The number of hydrogen-bond acceptors (Lipinski definition) is 4. The molecule has 0 spiro atoms. The Morgan fingerprint density at radius 1 is 1.31 bits per heavy atom. The molecule has 2 aromatic rings. The minimum Gasteiger partial charge on any atom is -0.493 e. The first-order valence-corrected chi connectivity index (χ1v) is 9.12. The number of hydrogen-bond donors (Lipinski definition) is 1. The lowest BCUT2D eigenvalue weighted by Crippen LogP contribution is -2.30. The van der Waals surface area contributed by atoms with E-state index in [1.807, 2.05) is 55.3 Å². The highest BCUT2D eigenvalue weighted by atomic mass is 35.5. The van der Waals surface area contributed by atoms with Crippen molar-refractivity contribution >= 4 is 34.6 Å². The van der Waals surface area contributed by atoms with Crippen LogP contribution < -0.4 is 15.1 Å². The second kappa shape index (κ2) is 6.65. The molecule has 2 aliphatic heterocycles. The number of nitrogens with zero attached hydrogens (tertiary/aromatic N) is 2. The van der Waals surface area contributed by atoms with Crippen LogP contribution in [-0.2, 0) is 6.42 Å². The Labute approximate surface area is 157 Å². The van der Waals surface area contributed by atoms with E-state index >= 15 is 0 Å². The maximum Gasteiger partial charge on any atom is 0.255 e. The van der Waals surface area contributed by atoms with E-state index < -0.39 is 0 Å². The van der Waals surface area contributed by atoms with E-state index in [9.17, 15) is 4.79 Å². The molecule has 0 bridgehead atoms. The molecule has 0 aliphatic carbocycles. The van der Waals surface area contributed by atoms with E-state index in [0.717, 1.165) is 34.8 Å². The van der Waals surface area contributed by atoms with Gasteiger partial charge in [-0.1, -0.05) is 6.07 Å². The molecule has 26 heavy (non-hydrogen) atoms. The number of nitrogens with one attached hydrogen (secondary N) is 1. The summed E-state index contributed by atoms with van der Waals surface area (Å²) in [7, 11) is 0. The summed E-state index contributed by atoms with van der Waals surface area (Å²) in [4.78, 5) is 12.7. The molecule has 2 aromatic carbocycles. The quantitative estimate of drug-likeness (QED) is 0.830. The van der Waals surface area contributed by atoms with Gasteiger partial charge in [-0.25, -0.2) is 0 Å². The molecule has 134 valence electrons. The van der Waals surface area contributed by atoms with Gasteiger partial charge in [0.25, 0.3) is 5.91 Å². The molecule has 2 unspecified atom stereocenters. The Bertz CT molecular complexity index is 896. The first-order valence-electron chi connectivity index (χ1n) is 8.68. The van der Waals surface area contributed by atoms with Crippen molar-refractivity contribution in [1.82, 2.24) is 0 Å². The van der Waals surface area contributed by atoms with Crippen LogP contribution in [0, 0.1) is 0 Å². The van der Waals surface area contributed by atoms with Crippen molar-refractivity contribution in [2.75, 3.05) is 16.9 Å². The maximum absolute atomic E-state index is 12.7. The second-order valence-corrected chi connectivity index (χ2v) is 7.12. The van der Waals surface area contributed by atoms with E-state index in [1.54, 1.807) is 6.07 Å². The highest BCUT2D eigenvalue weighted by Gasteiger charge is 2.31. The van der Waals surface area contributed by atoms with Gasteiger partial charge in [-0.15, -0.1) is 11.6 Å². The third-order valence-corrected chi connectivity index (χ3v) is 5.47. The monoisotopic (exact) mass is 369 g/mol. The molecule has 0 aromatic heterocycles. The van der Waals surface area contributed by atoms with Crippen molar-refractivity contribution in [3.8, 4) is 5.75 Å². The molecule has 0 radical (unpaired) electrons. The van der Waals surface area contributed by atoms with Crippen LogP contribution in [0.3, 0.4) is 0 Å². The molecule has 2 aliphatic rings. The Balaban J connectivity index is 1.54. The number of ether oxygens (including phenoxy) is 1. The molecule has 6 heteroatoms. The number of halogens is 1. The zero-order chi connectivity index (χ0) is 18.3. The molecule has 0 fully saturated rings. The van der Waals surface area contributed by atoms with E-state index in [4.69, 9.17) is 16.3 Å². The molecule has 4 rings (SSSR count). The van der Waals surface area contributed by atoms with E-state index in [2.05, 4.69) is 10.4 Å². The summed E-state index contributed by atoms with van der Waals surface area (Å²) in [6, 6.07) is 13.2. The Morgan fingerprint density at radius 2 is 2.15 bits per heavy atom. The van der Waals surface area contributed by atoms with Crippen molar-refractivity contribution in [3.05, 3.63) is 53.6 Å². The number of anilines is 2. The number of rotatable bonds is 3. The number of alkyl halides is 1. The average molecular weight is 370 g/mol. The summed E-state index contributed by atoms with van der Waals surface area (Å²) >= 11 is 6.35. The molecule has 1 N–H and O–H groups in total. The van der Waals surface area contributed by atoms with Crippen molar-refractivity contribution < 1.29 is 9.53 Å². The zero-order valence-corrected chi connectivity index (χ0v) is 15.5. The largest absolute Gasteiger partial charge is 0.493 e. The van der Waals surface area contributed by atoms with Gasteiger partial charge in [0.2, 0.25) is 0 Å². The van der Waals surface area contributed by atoms with Crippen LogP contribution in [0.5, 0.6) is 5.75 Å². The molecule has 2 heterocycles. The lowest BCUT2D eigenvalue weighted by molar-refractivity contribution is 0.102. The topological polar surface area (TPSA) is 53.9 Å². The van der Waals surface area contributed by atoms with Gasteiger partial charge in [-0.2, -0.15) is 5.10 Å². The van der Waals surface area contributed by atoms with E-state index in [1.165, 1.54) is 0 Å². The Kier molecular flexibility index (Phi) is 4.32. The van der Waals surface area contributed by atoms with E-state index in [-0.39, 0.29) is 17.3 Å². The van der Waals surface area contributed by atoms with Crippen molar-refractivity contribution in [3.63, 3.8) is 0 Å². The summed E-state index contributed by atoms with van der Waals surface area (Å²) in [5, 5.41) is 9.22. The van der Waals surface area contributed by atoms with Gasteiger partial charge in [-0.3, -0.25) is 9.80 Å². The number of benzene rings is 2. The van der Waals surface area contributed by atoms with Crippen molar-refractivity contribution in [2.24, 2.45) is 5.10 Å². The van der Waals surface area contributed by atoms with Crippen LogP contribution in [0.25, 0.3) is 0 Å². The van der Waals surface area contributed by atoms with Crippen LogP contribution in [-0.4, -0.2) is 29.6 Å². The minimum atomic E-state index is -0.152. The van der Waals surface area contributed by atoms with Crippen LogP contribution in [0.2, 0.25) is 0 Å². The summed E-state index contributed by atoms with van der Waals surface area (Å²) in [5.74, 6) is 0.748. The summed E-state index contributed by atoms with van der Waals surface area (Å²) < 4.78 is 5.50. The average Bonchev–Trinajstić information content (AvgIpc) is 3.21. The van der Waals surface area contributed by atoms with Crippen LogP contribution >= 0.6 is 11.6 Å². The third kappa shape index (κ3) is 3.03. The molecule has 0 saturated heterocycles.